The van der Waals surface area contributed by atoms with Gasteiger partial charge in [-0.25, -0.2) is 0 Å². The number of aromatic nitrogens is 2. The maximum Gasteiger partial charge on any atom is 0.125 e. The highest BCUT2D eigenvalue weighted by Crippen LogP contribution is 2.20. The summed E-state index contributed by atoms with van der Waals surface area (Å²) in [5, 5.41) is 7.73. The number of anilines is 1. The average Bonchev–Trinajstić information content (AvgIpc) is 3.10. The molecule has 0 spiro atoms. The number of nitrogens with one attached hydrogen (secondary N) is 1. The molecule has 3 rings (SSSR count). The molecule has 1 fully saturated rings. The Kier molecular flexibility index (Phi) is 3.55. The number of nitrogens with zero attached hydrogens (tertiary/aromatic N) is 2. The summed E-state index contributed by atoms with van der Waals surface area (Å²) in [6.45, 7) is 3.78. The molecule has 0 aliphatic carbocycles. The molecule has 0 radical (unpaired) electrons. The topological polar surface area (TPSA) is 52.2 Å². The minimum Gasteiger partial charge on any atom is -0.467 e. The summed E-state index contributed by atoms with van der Waals surface area (Å²) in [5.74, 6) is 0.923. The number of rotatable bonds is 5. The van der Waals surface area contributed by atoms with Crippen LogP contribution in [0.2, 0.25) is 0 Å². The van der Waals surface area contributed by atoms with Crippen molar-refractivity contribution in [1.29, 1.82) is 0 Å². The van der Waals surface area contributed by atoms with Gasteiger partial charge in [-0.3, -0.25) is 4.68 Å². The van der Waals surface area contributed by atoms with Gasteiger partial charge in [0.1, 0.15) is 5.76 Å². The van der Waals surface area contributed by atoms with Gasteiger partial charge < -0.3 is 14.5 Å². The summed E-state index contributed by atoms with van der Waals surface area (Å²) in [7, 11) is 0. The van der Waals surface area contributed by atoms with Crippen LogP contribution in [0.15, 0.2) is 35.2 Å². The van der Waals surface area contributed by atoms with Crippen LogP contribution in [0.25, 0.3) is 0 Å². The molecule has 2 aromatic rings. The van der Waals surface area contributed by atoms with E-state index in [1.807, 2.05) is 29.2 Å². The lowest BCUT2D eigenvalue weighted by molar-refractivity contribution is 0.0940. The molecule has 2 unspecified atom stereocenters. The van der Waals surface area contributed by atoms with E-state index in [1.54, 1.807) is 6.26 Å². The smallest absolute Gasteiger partial charge is 0.125 e. The first kappa shape index (κ1) is 12.3. The molecule has 5 heteroatoms. The number of hydrogen-bond acceptors (Lipinski definition) is 4. The van der Waals surface area contributed by atoms with Gasteiger partial charge in [0.15, 0.2) is 0 Å². The molecule has 2 aromatic heterocycles. The predicted molar refractivity (Wildman–Crippen MR) is 71.9 cm³/mol. The van der Waals surface area contributed by atoms with Gasteiger partial charge in [-0.15, -0.1) is 0 Å². The summed E-state index contributed by atoms with van der Waals surface area (Å²) < 4.78 is 12.9. The van der Waals surface area contributed by atoms with E-state index >= 15 is 0 Å². The molecule has 1 aliphatic heterocycles. The third kappa shape index (κ3) is 2.98. The fraction of sp³-hybridized carbons (Fsp3) is 0.500. The zero-order chi connectivity index (χ0) is 13.1. The van der Waals surface area contributed by atoms with Crippen LogP contribution in [0, 0.1) is 0 Å². The van der Waals surface area contributed by atoms with Crippen molar-refractivity contribution in [2.45, 2.75) is 38.5 Å². The summed E-state index contributed by atoms with van der Waals surface area (Å²) in [6, 6.07) is 4.00. The monoisotopic (exact) mass is 261 g/mol. The second kappa shape index (κ2) is 5.48. The van der Waals surface area contributed by atoms with E-state index in [4.69, 9.17) is 9.15 Å². The summed E-state index contributed by atoms with van der Waals surface area (Å²) in [4.78, 5) is 0. The quantitative estimate of drug-likeness (QED) is 0.899. The summed E-state index contributed by atoms with van der Waals surface area (Å²) in [5.41, 5.74) is 1.00. The fourth-order valence-electron chi connectivity index (χ4n) is 2.39. The van der Waals surface area contributed by atoms with Crippen molar-refractivity contribution in [3.63, 3.8) is 0 Å². The molecule has 0 aromatic carbocycles. The first-order chi connectivity index (χ1) is 9.31. The SMILES string of the molecule is CC(Nc1cnn(CC2CCCO2)c1)c1ccco1. The Morgan fingerprint density at radius 1 is 1.58 bits per heavy atom. The zero-order valence-electron chi connectivity index (χ0n) is 11.1. The van der Waals surface area contributed by atoms with E-state index in [9.17, 15) is 0 Å². The number of furan rings is 1. The van der Waals surface area contributed by atoms with Crippen LogP contribution >= 0.6 is 0 Å². The van der Waals surface area contributed by atoms with Gasteiger partial charge in [-0.05, 0) is 31.9 Å². The third-order valence-corrected chi connectivity index (χ3v) is 3.40. The highest BCUT2D eigenvalue weighted by Gasteiger charge is 2.16. The molecule has 0 amide bonds. The summed E-state index contributed by atoms with van der Waals surface area (Å²) in [6.07, 6.45) is 8.15. The molecule has 19 heavy (non-hydrogen) atoms. The van der Waals surface area contributed by atoms with Crippen molar-refractivity contribution in [3.8, 4) is 0 Å². The average molecular weight is 261 g/mol. The lowest BCUT2D eigenvalue weighted by Crippen LogP contribution is -2.15. The molecule has 102 valence electrons. The Balaban J connectivity index is 1.58. The van der Waals surface area contributed by atoms with Crippen molar-refractivity contribution >= 4 is 5.69 Å². The van der Waals surface area contributed by atoms with Gasteiger partial charge in [0.25, 0.3) is 0 Å². The maximum atomic E-state index is 5.61. The molecule has 0 saturated carbocycles. The molecule has 2 atom stereocenters. The highest BCUT2D eigenvalue weighted by molar-refractivity contribution is 5.40. The molecule has 3 heterocycles. The minimum absolute atomic E-state index is 0.135. The van der Waals surface area contributed by atoms with Crippen molar-refractivity contribution in [2.24, 2.45) is 0 Å². The largest absolute Gasteiger partial charge is 0.467 e. The predicted octanol–water partition coefficient (Wildman–Crippen LogP) is 2.83. The van der Waals surface area contributed by atoms with Gasteiger partial charge in [0.2, 0.25) is 0 Å². The standard InChI is InChI=1S/C14H19N3O2/c1-11(14-5-3-7-19-14)16-12-8-15-17(9-12)10-13-4-2-6-18-13/h3,5,7-9,11,13,16H,2,4,6,10H2,1H3. The van der Waals surface area contributed by atoms with Crippen molar-refractivity contribution < 1.29 is 9.15 Å². The normalized spacial score (nSPS) is 20.6. The molecular formula is C14H19N3O2. The second-order valence-corrected chi connectivity index (χ2v) is 4.97. The molecule has 0 bridgehead atoms. The fourth-order valence-corrected chi connectivity index (χ4v) is 2.39. The maximum absolute atomic E-state index is 5.61. The van der Waals surface area contributed by atoms with Gasteiger partial charge in [-0.2, -0.15) is 5.10 Å². The Morgan fingerprint density at radius 2 is 2.53 bits per heavy atom. The van der Waals surface area contributed by atoms with E-state index in [-0.39, 0.29) is 6.04 Å². The van der Waals surface area contributed by atoms with Crippen LogP contribution in [-0.2, 0) is 11.3 Å². The molecule has 1 saturated heterocycles. The van der Waals surface area contributed by atoms with Crippen molar-refractivity contribution in [1.82, 2.24) is 9.78 Å². The van der Waals surface area contributed by atoms with E-state index < -0.39 is 0 Å². The molecule has 1 N–H and O–H groups in total. The van der Waals surface area contributed by atoms with Gasteiger partial charge in [0.05, 0.1) is 36.8 Å². The first-order valence-electron chi connectivity index (χ1n) is 6.75. The van der Waals surface area contributed by atoms with E-state index in [0.717, 1.165) is 37.4 Å². The second-order valence-electron chi connectivity index (χ2n) is 4.97. The zero-order valence-corrected chi connectivity index (χ0v) is 11.1. The van der Waals surface area contributed by atoms with E-state index in [1.165, 1.54) is 0 Å². The summed E-state index contributed by atoms with van der Waals surface area (Å²) >= 11 is 0. The van der Waals surface area contributed by atoms with Crippen LogP contribution in [-0.4, -0.2) is 22.5 Å². The Bertz CT molecular complexity index is 501. The molecule has 1 aliphatic rings. The van der Waals surface area contributed by atoms with Crippen LogP contribution in [0.1, 0.15) is 31.6 Å². The lowest BCUT2D eigenvalue weighted by atomic mass is 10.2. The lowest BCUT2D eigenvalue weighted by Gasteiger charge is -2.11. The van der Waals surface area contributed by atoms with E-state index in [2.05, 4.69) is 17.3 Å². The first-order valence-corrected chi connectivity index (χ1v) is 6.75. The van der Waals surface area contributed by atoms with E-state index in [0.29, 0.717) is 6.10 Å². The third-order valence-electron chi connectivity index (χ3n) is 3.40. The van der Waals surface area contributed by atoms with Crippen LogP contribution in [0.4, 0.5) is 5.69 Å². The van der Waals surface area contributed by atoms with Crippen molar-refractivity contribution in [3.05, 3.63) is 36.5 Å². The van der Waals surface area contributed by atoms with Crippen LogP contribution in [0.3, 0.4) is 0 Å². The number of hydrogen-bond donors (Lipinski definition) is 1. The van der Waals surface area contributed by atoms with Gasteiger partial charge in [-0.1, -0.05) is 0 Å². The highest BCUT2D eigenvalue weighted by atomic mass is 16.5. The Labute approximate surface area is 112 Å². The molecular weight excluding hydrogens is 242 g/mol. The van der Waals surface area contributed by atoms with Crippen LogP contribution < -0.4 is 5.32 Å². The van der Waals surface area contributed by atoms with Gasteiger partial charge >= 0.3 is 0 Å². The van der Waals surface area contributed by atoms with Crippen LogP contribution in [0.5, 0.6) is 0 Å². The Morgan fingerprint density at radius 3 is 3.26 bits per heavy atom. The van der Waals surface area contributed by atoms with Crippen molar-refractivity contribution in [2.75, 3.05) is 11.9 Å². The minimum atomic E-state index is 0.135. The molecule has 5 nitrogen and oxygen atoms in total. The Hall–Kier alpha value is -1.75. The van der Waals surface area contributed by atoms with Gasteiger partial charge in [0, 0.05) is 12.8 Å². The number of ether oxygens (including phenoxy) is 1.